The fourth-order valence-corrected chi connectivity index (χ4v) is 4.65. The lowest BCUT2D eigenvalue weighted by Crippen LogP contribution is -2.47. The van der Waals surface area contributed by atoms with E-state index < -0.39 is 0 Å². The number of fused-ring (bicyclic) bond motifs is 2. The third-order valence-electron chi connectivity index (χ3n) is 6.25. The van der Waals surface area contributed by atoms with Crippen molar-refractivity contribution in [3.8, 4) is 11.5 Å². The van der Waals surface area contributed by atoms with Crippen LogP contribution in [0.1, 0.15) is 43.1 Å². The Morgan fingerprint density at radius 3 is 2.65 bits per heavy atom. The molecule has 6 nitrogen and oxygen atoms in total. The Labute approximate surface area is 184 Å². The van der Waals surface area contributed by atoms with Crippen LogP contribution in [0.5, 0.6) is 11.5 Å². The molecule has 0 aromatic heterocycles. The number of phenolic OH excluding ortho intramolecular Hbond substituents is 1. The van der Waals surface area contributed by atoms with Crippen LogP contribution < -0.4 is 9.64 Å². The number of aromatic hydroxyl groups is 1. The monoisotopic (exact) mass is 424 g/mol. The first-order chi connectivity index (χ1) is 14.9. The second-order valence-corrected chi connectivity index (χ2v) is 9.06. The van der Waals surface area contributed by atoms with Gasteiger partial charge in [-0.05, 0) is 53.3 Å². The van der Waals surface area contributed by atoms with Gasteiger partial charge >= 0.3 is 5.97 Å². The van der Waals surface area contributed by atoms with Crippen molar-refractivity contribution in [3.63, 3.8) is 0 Å². The van der Waals surface area contributed by atoms with Crippen LogP contribution in [0.15, 0.2) is 36.4 Å². The number of phenols is 1. The van der Waals surface area contributed by atoms with Gasteiger partial charge in [-0.25, -0.2) is 0 Å². The third kappa shape index (κ3) is 4.49. The van der Waals surface area contributed by atoms with Crippen molar-refractivity contribution in [3.05, 3.63) is 53.1 Å². The average molecular weight is 425 g/mol. The van der Waals surface area contributed by atoms with Gasteiger partial charge in [-0.3, -0.25) is 9.69 Å². The first-order valence-electron chi connectivity index (χ1n) is 11.0. The van der Waals surface area contributed by atoms with Crippen molar-refractivity contribution < 1.29 is 19.4 Å². The van der Waals surface area contributed by atoms with Gasteiger partial charge in [0.25, 0.3) is 0 Å². The lowest BCUT2D eigenvalue weighted by atomic mass is 9.92. The van der Waals surface area contributed by atoms with E-state index >= 15 is 0 Å². The molecule has 0 spiro atoms. The normalized spacial score (nSPS) is 21.1. The summed E-state index contributed by atoms with van der Waals surface area (Å²) in [5.41, 5.74) is 4.51. The topological polar surface area (TPSA) is 62.2 Å². The standard InChI is InChI=1S/C25H32N2O4/c1-16(2)14-27-15-19-13-24-21(11-18(19)12-22(27)25(29)30-4)26(3)10-9-23(31-24)17-5-7-20(28)8-6-17/h5-8,11,13,16,22-23,28H,9-10,12,14-15H2,1-4H3/t22-,23+/m0/s1. The van der Waals surface area contributed by atoms with E-state index in [1.807, 2.05) is 12.1 Å². The van der Waals surface area contributed by atoms with Gasteiger partial charge in [0.2, 0.25) is 0 Å². The number of methoxy groups -OCH3 is 1. The maximum Gasteiger partial charge on any atom is 0.323 e. The molecule has 0 aliphatic carbocycles. The number of carbonyl (C=O) groups is 1. The average Bonchev–Trinajstić information content (AvgIpc) is 2.90. The SMILES string of the molecule is COC(=O)[C@@H]1Cc2cc3c(cc2CN1CC(C)C)O[C@@H](c1ccc(O)cc1)CCN3C. The molecule has 0 bridgehead atoms. The van der Waals surface area contributed by atoms with E-state index in [9.17, 15) is 9.90 Å². The van der Waals surface area contributed by atoms with Crippen LogP contribution in [-0.4, -0.2) is 49.3 Å². The van der Waals surface area contributed by atoms with Crippen LogP contribution in [0.2, 0.25) is 0 Å². The quantitative estimate of drug-likeness (QED) is 0.751. The van der Waals surface area contributed by atoms with Gasteiger partial charge in [-0.15, -0.1) is 0 Å². The Kier molecular flexibility index (Phi) is 6.10. The van der Waals surface area contributed by atoms with E-state index in [1.165, 1.54) is 18.2 Å². The van der Waals surface area contributed by atoms with Crippen LogP contribution in [0.25, 0.3) is 0 Å². The zero-order valence-corrected chi connectivity index (χ0v) is 18.8. The third-order valence-corrected chi connectivity index (χ3v) is 6.25. The molecule has 0 fully saturated rings. The number of benzene rings is 2. The largest absolute Gasteiger partial charge is 0.508 e. The van der Waals surface area contributed by atoms with Crippen molar-refractivity contribution in [1.82, 2.24) is 4.90 Å². The van der Waals surface area contributed by atoms with E-state index in [1.54, 1.807) is 12.1 Å². The van der Waals surface area contributed by atoms with Crippen molar-refractivity contribution >= 4 is 11.7 Å². The molecule has 0 radical (unpaired) electrons. The smallest absolute Gasteiger partial charge is 0.323 e. The molecule has 4 rings (SSSR count). The summed E-state index contributed by atoms with van der Waals surface area (Å²) >= 11 is 0. The Bertz CT molecular complexity index is 941. The molecule has 2 atom stereocenters. The number of nitrogens with zero attached hydrogens (tertiary/aromatic N) is 2. The second-order valence-electron chi connectivity index (χ2n) is 9.06. The van der Waals surface area contributed by atoms with Crippen LogP contribution in [-0.2, 0) is 22.5 Å². The molecule has 166 valence electrons. The van der Waals surface area contributed by atoms with Crippen LogP contribution in [0.3, 0.4) is 0 Å². The highest BCUT2D eigenvalue weighted by Gasteiger charge is 2.34. The molecule has 6 heteroatoms. The van der Waals surface area contributed by atoms with Crippen molar-refractivity contribution in [2.24, 2.45) is 5.92 Å². The minimum absolute atomic E-state index is 0.0690. The van der Waals surface area contributed by atoms with E-state index in [4.69, 9.17) is 9.47 Å². The summed E-state index contributed by atoms with van der Waals surface area (Å²) in [7, 11) is 3.55. The fraction of sp³-hybridized carbons (Fsp3) is 0.480. The highest BCUT2D eigenvalue weighted by atomic mass is 16.5. The van der Waals surface area contributed by atoms with Crippen molar-refractivity contribution in [1.29, 1.82) is 0 Å². The number of ether oxygens (including phenoxy) is 2. The molecular formula is C25H32N2O4. The molecule has 2 aliphatic heterocycles. The van der Waals surface area contributed by atoms with Crippen molar-refractivity contribution in [2.75, 3.05) is 32.1 Å². The van der Waals surface area contributed by atoms with E-state index in [2.05, 4.69) is 42.8 Å². The molecule has 0 saturated heterocycles. The van der Waals surface area contributed by atoms with Crippen molar-refractivity contribution in [2.45, 2.75) is 45.4 Å². The molecule has 2 aliphatic rings. The maximum atomic E-state index is 12.5. The predicted molar refractivity (Wildman–Crippen MR) is 121 cm³/mol. The summed E-state index contributed by atoms with van der Waals surface area (Å²) in [6.07, 6.45) is 1.43. The molecular weight excluding hydrogens is 392 g/mol. The highest BCUT2D eigenvalue weighted by molar-refractivity contribution is 5.77. The summed E-state index contributed by atoms with van der Waals surface area (Å²) in [6, 6.07) is 11.4. The molecule has 0 amide bonds. The maximum absolute atomic E-state index is 12.5. The Hall–Kier alpha value is -2.73. The van der Waals surface area contributed by atoms with E-state index in [0.29, 0.717) is 18.9 Å². The van der Waals surface area contributed by atoms with Crippen LogP contribution in [0, 0.1) is 5.92 Å². The number of esters is 1. The summed E-state index contributed by atoms with van der Waals surface area (Å²) < 4.78 is 11.6. The summed E-state index contributed by atoms with van der Waals surface area (Å²) in [5, 5.41) is 9.62. The molecule has 1 N–H and O–H groups in total. The minimum Gasteiger partial charge on any atom is -0.508 e. The summed E-state index contributed by atoms with van der Waals surface area (Å²) in [6.45, 7) is 6.74. The van der Waals surface area contributed by atoms with Gasteiger partial charge in [-0.1, -0.05) is 26.0 Å². The fourth-order valence-electron chi connectivity index (χ4n) is 4.65. The number of hydrogen-bond acceptors (Lipinski definition) is 6. The van der Waals surface area contributed by atoms with Gasteiger partial charge in [0.05, 0.1) is 12.8 Å². The van der Waals surface area contributed by atoms with E-state index in [-0.39, 0.29) is 23.9 Å². The molecule has 2 aromatic rings. The van der Waals surface area contributed by atoms with Crippen LogP contribution >= 0.6 is 0 Å². The summed E-state index contributed by atoms with van der Waals surface area (Å²) in [4.78, 5) is 16.9. The van der Waals surface area contributed by atoms with Gasteiger partial charge < -0.3 is 19.5 Å². The molecule has 0 saturated carbocycles. The Morgan fingerprint density at radius 2 is 1.97 bits per heavy atom. The van der Waals surface area contributed by atoms with Gasteiger partial charge in [0.1, 0.15) is 23.6 Å². The van der Waals surface area contributed by atoms with E-state index in [0.717, 1.165) is 36.5 Å². The first-order valence-corrected chi connectivity index (χ1v) is 11.0. The second kappa shape index (κ2) is 8.79. The zero-order chi connectivity index (χ0) is 22.1. The lowest BCUT2D eigenvalue weighted by Gasteiger charge is -2.37. The molecule has 2 heterocycles. The minimum atomic E-state index is -0.250. The van der Waals surface area contributed by atoms with Gasteiger partial charge in [0.15, 0.2) is 0 Å². The molecule has 0 unspecified atom stereocenters. The number of rotatable bonds is 4. The van der Waals surface area contributed by atoms with Gasteiger partial charge in [-0.2, -0.15) is 0 Å². The molecule has 31 heavy (non-hydrogen) atoms. The number of anilines is 1. The Balaban J connectivity index is 1.67. The first kappa shape index (κ1) is 21.5. The number of hydrogen-bond donors (Lipinski definition) is 1. The molecule has 2 aromatic carbocycles. The zero-order valence-electron chi connectivity index (χ0n) is 18.8. The van der Waals surface area contributed by atoms with Gasteiger partial charge in [0, 0.05) is 33.1 Å². The Morgan fingerprint density at radius 1 is 1.23 bits per heavy atom. The lowest BCUT2D eigenvalue weighted by molar-refractivity contribution is -0.147. The summed E-state index contributed by atoms with van der Waals surface area (Å²) in [5.74, 6) is 1.42. The highest BCUT2D eigenvalue weighted by Crippen LogP contribution is 2.40. The number of carbonyl (C=O) groups excluding carboxylic acids is 1. The van der Waals surface area contributed by atoms with Crippen LogP contribution in [0.4, 0.5) is 5.69 Å². The predicted octanol–water partition coefficient (Wildman–Crippen LogP) is 3.91.